The monoisotopic (exact) mass is 685 g/mol. The lowest BCUT2D eigenvalue weighted by atomic mass is 9.89. The van der Waals surface area contributed by atoms with E-state index in [1.807, 2.05) is 54.6 Å². The molecule has 0 saturated carbocycles. The van der Waals surface area contributed by atoms with Crippen LogP contribution in [0, 0.1) is 5.92 Å². The molecule has 0 aliphatic carbocycles. The number of Topliss-reactive ketones (excluding diaryl/α,β-unsaturated/α-hetero) is 1. The summed E-state index contributed by atoms with van der Waals surface area (Å²) in [7, 11) is 0. The number of nitrogens with two attached hydrogens (primary N) is 2. The molecule has 0 unspecified atom stereocenters. The average molecular weight is 686 g/mol. The Morgan fingerprint density at radius 3 is 1.54 bits per heavy atom. The number of benzene rings is 3. The largest absolute Gasteiger partial charge is 0.444 e. The Kier molecular flexibility index (Phi) is 14.7. The van der Waals surface area contributed by atoms with E-state index >= 15 is 0 Å². The van der Waals surface area contributed by atoms with Crippen LogP contribution in [0.3, 0.4) is 0 Å². The summed E-state index contributed by atoms with van der Waals surface area (Å²) in [5.41, 5.74) is 12.5. The summed E-state index contributed by atoms with van der Waals surface area (Å²) in [4.78, 5) is 78.3. The number of ketones is 1. The zero-order valence-electron chi connectivity index (χ0n) is 28.7. The fourth-order valence-corrected chi connectivity index (χ4v) is 5.28. The van der Waals surface area contributed by atoms with Crippen molar-refractivity contribution >= 4 is 35.5 Å². The highest BCUT2D eigenvalue weighted by Crippen LogP contribution is 2.18. The molecule has 0 spiro atoms. The van der Waals surface area contributed by atoms with Crippen LogP contribution < -0.4 is 27.4 Å². The molecule has 12 nitrogen and oxygen atoms in total. The van der Waals surface area contributed by atoms with E-state index < -0.39 is 65.1 Å². The van der Waals surface area contributed by atoms with E-state index in [1.54, 1.807) is 57.2 Å². The van der Waals surface area contributed by atoms with Crippen molar-refractivity contribution in [2.75, 3.05) is 0 Å². The van der Waals surface area contributed by atoms with Gasteiger partial charge in [-0.3, -0.25) is 24.0 Å². The summed E-state index contributed by atoms with van der Waals surface area (Å²) >= 11 is 0. The molecule has 7 N–H and O–H groups in total. The van der Waals surface area contributed by atoms with Crippen LogP contribution in [0.4, 0.5) is 4.79 Å². The van der Waals surface area contributed by atoms with Crippen LogP contribution in [0.1, 0.15) is 56.7 Å². The van der Waals surface area contributed by atoms with Crippen LogP contribution in [-0.2, 0) is 48.0 Å². The lowest BCUT2D eigenvalue weighted by Gasteiger charge is -2.26. The molecule has 12 heteroatoms. The molecular weight excluding hydrogens is 638 g/mol. The first kappa shape index (κ1) is 38.9. The molecule has 0 aliphatic rings. The Balaban J connectivity index is 1.87. The Labute approximate surface area is 292 Å². The van der Waals surface area contributed by atoms with Gasteiger partial charge in [-0.15, -0.1) is 0 Å². The molecule has 50 heavy (non-hydrogen) atoms. The van der Waals surface area contributed by atoms with Gasteiger partial charge in [0.25, 0.3) is 0 Å². The molecule has 0 bridgehead atoms. The molecule has 0 aromatic heterocycles. The molecule has 0 heterocycles. The number of hydrogen-bond donors (Lipinski definition) is 5. The van der Waals surface area contributed by atoms with Crippen molar-refractivity contribution in [3.05, 3.63) is 108 Å². The van der Waals surface area contributed by atoms with Gasteiger partial charge in [-0.1, -0.05) is 91.0 Å². The van der Waals surface area contributed by atoms with E-state index in [1.165, 1.54) is 0 Å². The van der Waals surface area contributed by atoms with Crippen molar-refractivity contribution in [2.45, 2.75) is 83.0 Å². The third-order valence-electron chi connectivity index (χ3n) is 7.76. The fraction of sp³-hybridized carbons (Fsp3) is 0.368. The standard InChI is InChI=1S/C38H47N5O7/c1-38(2,3)50-37(49)43-30(22-26-15-9-5-10-16-26)32(44)24-28(21-25-13-7-4-8-14-25)35(47)41-29(19-20-33(39)45)36(48)42-31(34(40)46)23-27-17-11-6-12-18-27/h4-18,28-31H,19-24H2,1-3H3,(H2,39,45)(H2,40,46)(H,41,47)(H,42,48)(H,43,49)/t28-,29+,30+,31-/m1/s1. The van der Waals surface area contributed by atoms with Gasteiger partial charge in [0.1, 0.15) is 17.7 Å². The Hall–Kier alpha value is -5.52. The van der Waals surface area contributed by atoms with Crippen LogP contribution in [0.5, 0.6) is 0 Å². The molecule has 266 valence electrons. The second-order valence-corrected chi connectivity index (χ2v) is 13.2. The number of carbonyl (C=O) groups is 6. The number of ether oxygens (including phenoxy) is 1. The minimum Gasteiger partial charge on any atom is -0.444 e. The van der Waals surface area contributed by atoms with Gasteiger partial charge in [0.05, 0.1) is 6.04 Å². The van der Waals surface area contributed by atoms with Crippen LogP contribution in [0.25, 0.3) is 0 Å². The molecule has 0 fully saturated rings. The van der Waals surface area contributed by atoms with Crippen LogP contribution >= 0.6 is 0 Å². The van der Waals surface area contributed by atoms with Crippen molar-refractivity contribution in [1.29, 1.82) is 0 Å². The van der Waals surface area contributed by atoms with Crippen LogP contribution in [0.2, 0.25) is 0 Å². The topological polar surface area (TPSA) is 200 Å². The molecule has 3 aromatic carbocycles. The zero-order valence-corrected chi connectivity index (χ0v) is 28.7. The van der Waals surface area contributed by atoms with E-state index in [4.69, 9.17) is 16.2 Å². The van der Waals surface area contributed by atoms with E-state index in [9.17, 15) is 28.8 Å². The van der Waals surface area contributed by atoms with Crippen molar-refractivity contribution in [3.8, 4) is 0 Å². The summed E-state index contributed by atoms with van der Waals surface area (Å²) in [5.74, 6) is -4.26. The van der Waals surface area contributed by atoms with Crippen molar-refractivity contribution in [2.24, 2.45) is 17.4 Å². The molecule has 0 radical (unpaired) electrons. The van der Waals surface area contributed by atoms with E-state index in [2.05, 4.69) is 16.0 Å². The second kappa shape index (κ2) is 18.9. The first-order valence-electron chi connectivity index (χ1n) is 16.5. The summed E-state index contributed by atoms with van der Waals surface area (Å²) < 4.78 is 5.42. The maximum atomic E-state index is 14.0. The Morgan fingerprint density at radius 1 is 0.620 bits per heavy atom. The van der Waals surface area contributed by atoms with Crippen molar-refractivity contribution in [3.63, 3.8) is 0 Å². The first-order chi connectivity index (χ1) is 23.7. The molecule has 0 saturated heterocycles. The normalized spacial score (nSPS) is 13.5. The summed E-state index contributed by atoms with van der Waals surface area (Å²) in [6, 6.07) is 23.7. The minimum atomic E-state index is -1.28. The van der Waals surface area contributed by atoms with Crippen molar-refractivity contribution < 1.29 is 33.5 Å². The van der Waals surface area contributed by atoms with Crippen LogP contribution in [0.15, 0.2) is 91.0 Å². The third kappa shape index (κ3) is 13.9. The quantitative estimate of drug-likeness (QED) is 0.136. The minimum absolute atomic E-state index is 0.108. The number of primary amides is 2. The molecular formula is C38H47N5O7. The first-order valence-corrected chi connectivity index (χ1v) is 16.5. The molecule has 3 aromatic rings. The second-order valence-electron chi connectivity index (χ2n) is 13.2. The van der Waals surface area contributed by atoms with E-state index in [0.717, 1.165) is 16.7 Å². The van der Waals surface area contributed by atoms with Gasteiger partial charge >= 0.3 is 6.09 Å². The number of hydrogen-bond acceptors (Lipinski definition) is 7. The average Bonchev–Trinajstić information content (AvgIpc) is 3.06. The van der Waals surface area contributed by atoms with Gasteiger partial charge in [-0.25, -0.2) is 4.79 Å². The maximum Gasteiger partial charge on any atom is 0.408 e. The zero-order chi connectivity index (χ0) is 36.7. The highest BCUT2D eigenvalue weighted by atomic mass is 16.6. The van der Waals surface area contributed by atoms with Crippen LogP contribution in [-0.4, -0.2) is 59.2 Å². The van der Waals surface area contributed by atoms with Gasteiger partial charge in [0.15, 0.2) is 5.78 Å². The Bertz CT molecular complexity index is 1590. The van der Waals surface area contributed by atoms with Gasteiger partial charge in [0, 0.05) is 25.2 Å². The molecule has 0 aliphatic heterocycles. The third-order valence-corrected chi connectivity index (χ3v) is 7.76. The predicted molar refractivity (Wildman–Crippen MR) is 188 cm³/mol. The predicted octanol–water partition coefficient (Wildman–Crippen LogP) is 2.90. The lowest BCUT2D eigenvalue weighted by molar-refractivity contribution is -0.134. The number of amides is 5. The number of rotatable bonds is 18. The van der Waals surface area contributed by atoms with Gasteiger partial charge in [-0.05, 0) is 56.7 Å². The maximum absolute atomic E-state index is 14.0. The molecule has 4 atom stereocenters. The number of carbonyl (C=O) groups excluding carboxylic acids is 6. The Morgan fingerprint density at radius 2 is 1.08 bits per heavy atom. The van der Waals surface area contributed by atoms with Crippen molar-refractivity contribution in [1.82, 2.24) is 16.0 Å². The van der Waals surface area contributed by atoms with E-state index in [-0.39, 0.29) is 38.5 Å². The SMILES string of the molecule is CC(C)(C)OC(=O)N[C@@H](Cc1ccccc1)C(=O)C[C@@H](Cc1ccccc1)C(=O)N[C@@H](CCC(N)=O)C(=O)N[C@H](Cc1ccccc1)C(N)=O. The van der Waals surface area contributed by atoms with E-state index in [0.29, 0.717) is 0 Å². The summed E-state index contributed by atoms with van der Waals surface area (Å²) in [5, 5.41) is 7.96. The van der Waals surface area contributed by atoms with Gasteiger partial charge in [-0.2, -0.15) is 0 Å². The highest BCUT2D eigenvalue weighted by molar-refractivity contribution is 5.95. The number of nitrogens with one attached hydrogen (secondary N) is 3. The number of alkyl carbamates (subject to hydrolysis) is 1. The summed E-state index contributed by atoms with van der Waals surface area (Å²) in [6.45, 7) is 5.12. The summed E-state index contributed by atoms with van der Waals surface area (Å²) in [6.07, 6.45) is -1.08. The smallest absolute Gasteiger partial charge is 0.408 e. The van der Waals surface area contributed by atoms with Gasteiger partial charge in [0.2, 0.25) is 23.6 Å². The molecule has 5 amide bonds. The fourth-order valence-electron chi connectivity index (χ4n) is 5.28. The highest BCUT2D eigenvalue weighted by Gasteiger charge is 2.32. The molecule has 3 rings (SSSR count). The van der Waals surface area contributed by atoms with Gasteiger partial charge < -0.3 is 32.2 Å². The lowest BCUT2D eigenvalue weighted by Crippen LogP contribution is -2.55.